The maximum absolute atomic E-state index is 13.0. The highest BCUT2D eigenvalue weighted by atomic mass is 35.5. The van der Waals surface area contributed by atoms with Crippen LogP contribution in [0.1, 0.15) is 21.7 Å². The monoisotopic (exact) mass is 395 g/mol. The second-order valence-corrected chi connectivity index (χ2v) is 8.31. The van der Waals surface area contributed by atoms with Gasteiger partial charge in [-0.05, 0) is 44.0 Å². The van der Waals surface area contributed by atoms with Crippen LogP contribution < -0.4 is 5.56 Å². The molecular formula is C21H18ClN3OS. The Morgan fingerprint density at radius 1 is 1.07 bits per heavy atom. The molecule has 2 aromatic heterocycles. The third-order valence-corrected chi connectivity index (χ3v) is 5.72. The van der Waals surface area contributed by atoms with Gasteiger partial charge in [0.25, 0.3) is 5.56 Å². The van der Waals surface area contributed by atoms with Gasteiger partial charge in [-0.1, -0.05) is 47.5 Å². The van der Waals surface area contributed by atoms with Gasteiger partial charge < -0.3 is 0 Å². The summed E-state index contributed by atoms with van der Waals surface area (Å²) in [6, 6.07) is 13.7. The van der Waals surface area contributed by atoms with Crippen molar-refractivity contribution in [1.82, 2.24) is 14.8 Å². The molecule has 0 aliphatic carbocycles. The lowest BCUT2D eigenvalue weighted by Gasteiger charge is -2.11. The van der Waals surface area contributed by atoms with Gasteiger partial charge in [0.1, 0.15) is 5.69 Å². The highest BCUT2D eigenvalue weighted by Crippen LogP contribution is 2.31. The summed E-state index contributed by atoms with van der Waals surface area (Å²) in [5, 5.41) is 6.26. The van der Waals surface area contributed by atoms with Gasteiger partial charge in [-0.3, -0.25) is 4.79 Å². The summed E-state index contributed by atoms with van der Waals surface area (Å²) in [6.07, 6.45) is 0. The zero-order chi connectivity index (χ0) is 19.1. The molecule has 0 spiro atoms. The lowest BCUT2D eigenvalue weighted by molar-refractivity contribution is 0.650. The Labute approximate surface area is 166 Å². The first-order valence-corrected chi connectivity index (χ1v) is 9.82. The molecule has 0 aliphatic rings. The summed E-state index contributed by atoms with van der Waals surface area (Å²) in [7, 11) is 0. The summed E-state index contributed by atoms with van der Waals surface area (Å²) in [5.41, 5.74) is 5.44. The predicted molar refractivity (Wildman–Crippen MR) is 112 cm³/mol. The molecule has 0 N–H and O–H groups in total. The normalized spacial score (nSPS) is 11.3. The quantitative estimate of drug-likeness (QED) is 0.482. The highest BCUT2D eigenvalue weighted by Gasteiger charge is 2.17. The largest absolute Gasteiger partial charge is 0.294 e. The van der Waals surface area contributed by atoms with Crippen LogP contribution in [0, 0.1) is 20.8 Å². The number of benzene rings is 2. The summed E-state index contributed by atoms with van der Waals surface area (Å²) in [6.45, 7) is 6.43. The maximum Gasteiger partial charge on any atom is 0.294 e. The molecular weight excluding hydrogens is 378 g/mol. The van der Waals surface area contributed by atoms with Gasteiger partial charge >= 0.3 is 0 Å². The van der Waals surface area contributed by atoms with Crippen LogP contribution in [-0.4, -0.2) is 14.8 Å². The lowest BCUT2D eigenvalue weighted by Crippen LogP contribution is -2.24. The van der Waals surface area contributed by atoms with Gasteiger partial charge in [-0.2, -0.15) is 5.10 Å². The van der Waals surface area contributed by atoms with Crippen molar-refractivity contribution in [2.24, 2.45) is 0 Å². The van der Waals surface area contributed by atoms with Gasteiger partial charge in [-0.15, -0.1) is 11.3 Å². The van der Waals surface area contributed by atoms with Gasteiger partial charge in [0.2, 0.25) is 0 Å². The van der Waals surface area contributed by atoms with Crippen LogP contribution in [0.25, 0.3) is 21.5 Å². The van der Waals surface area contributed by atoms with E-state index >= 15 is 0 Å². The molecule has 0 radical (unpaired) electrons. The van der Waals surface area contributed by atoms with Crippen molar-refractivity contribution in [2.45, 2.75) is 27.3 Å². The molecule has 0 saturated heterocycles. The van der Waals surface area contributed by atoms with Crippen molar-refractivity contribution in [3.63, 3.8) is 0 Å². The first-order valence-electron chi connectivity index (χ1n) is 8.62. The maximum atomic E-state index is 13.0. The summed E-state index contributed by atoms with van der Waals surface area (Å²) < 4.78 is 2.34. The zero-order valence-corrected chi connectivity index (χ0v) is 16.9. The molecule has 0 unspecified atom stereocenters. The van der Waals surface area contributed by atoms with E-state index in [1.165, 1.54) is 21.6 Å². The first-order chi connectivity index (χ1) is 12.9. The number of thiazole rings is 1. The van der Waals surface area contributed by atoms with Crippen molar-refractivity contribution in [3.8, 4) is 11.3 Å². The van der Waals surface area contributed by atoms with E-state index in [4.69, 9.17) is 16.7 Å². The number of rotatable bonds is 3. The number of halogens is 1. The third kappa shape index (κ3) is 3.40. The standard InChI is InChI=1S/C21H18ClN3OS/c1-12-4-9-17(13(2)10-12)18-20-19(23-14(3)27-20)21(26)25(24-18)11-15-5-7-16(22)8-6-15/h4-10H,11H2,1-3H3. The fraction of sp³-hybridized carbons (Fsp3) is 0.190. The van der Waals surface area contributed by atoms with E-state index in [9.17, 15) is 4.79 Å². The molecule has 136 valence electrons. The Bertz CT molecular complexity index is 1210. The minimum Gasteiger partial charge on any atom is -0.265 e. The van der Waals surface area contributed by atoms with E-state index in [2.05, 4.69) is 37.0 Å². The topological polar surface area (TPSA) is 47.8 Å². The molecule has 6 heteroatoms. The molecule has 0 bridgehead atoms. The number of nitrogens with zero attached hydrogens (tertiary/aromatic N) is 3. The Hall–Kier alpha value is -2.50. The molecule has 4 rings (SSSR count). The fourth-order valence-electron chi connectivity index (χ4n) is 3.19. The fourth-order valence-corrected chi connectivity index (χ4v) is 4.23. The summed E-state index contributed by atoms with van der Waals surface area (Å²) in [4.78, 5) is 17.4. The summed E-state index contributed by atoms with van der Waals surface area (Å²) in [5.74, 6) is 0. The van der Waals surface area contributed by atoms with Crippen molar-refractivity contribution >= 4 is 33.2 Å². The smallest absolute Gasteiger partial charge is 0.265 e. The zero-order valence-electron chi connectivity index (χ0n) is 15.3. The van der Waals surface area contributed by atoms with Crippen LogP contribution in [0.2, 0.25) is 5.02 Å². The Morgan fingerprint density at radius 3 is 2.52 bits per heavy atom. The van der Waals surface area contributed by atoms with E-state index in [-0.39, 0.29) is 5.56 Å². The lowest BCUT2D eigenvalue weighted by atomic mass is 10.0. The van der Waals surface area contributed by atoms with Crippen molar-refractivity contribution in [1.29, 1.82) is 0 Å². The van der Waals surface area contributed by atoms with Gasteiger partial charge in [0, 0.05) is 10.6 Å². The van der Waals surface area contributed by atoms with Crippen LogP contribution in [0.3, 0.4) is 0 Å². The molecule has 0 amide bonds. The van der Waals surface area contributed by atoms with E-state index in [0.29, 0.717) is 17.1 Å². The average Bonchev–Trinajstić information content (AvgIpc) is 3.02. The predicted octanol–water partition coefficient (Wildman–Crippen LogP) is 5.15. The van der Waals surface area contributed by atoms with Gasteiger partial charge in [-0.25, -0.2) is 9.67 Å². The van der Waals surface area contributed by atoms with Crippen LogP contribution in [0.15, 0.2) is 47.3 Å². The van der Waals surface area contributed by atoms with Crippen LogP contribution in [-0.2, 0) is 6.54 Å². The van der Waals surface area contributed by atoms with Gasteiger partial charge in [0.05, 0.1) is 16.3 Å². The Balaban J connectivity index is 1.94. The van der Waals surface area contributed by atoms with E-state index in [1.54, 1.807) is 0 Å². The van der Waals surface area contributed by atoms with Gasteiger partial charge in [0.15, 0.2) is 5.52 Å². The van der Waals surface area contributed by atoms with Crippen molar-refractivity contribution in [3.05, 3.63) is 79.5 Å². The molecule has 4 aromatic rings. The molecule has 0 saturated carbocycles. The van der Waals surface area contributed by atoms with E-state index in [0.717, 1.165) is 32.1 Å². The Morgan fingerprint density at radius 2 is 1.81 bits per heavy atom. The number of hydrogen-bond donors (Lipinski definition) is 0. The van der Waals surface area contributed by atoms with Crippen molar-refractivity contribution in [2.75, 3.05) is 0 Å². The summed E-state index contributed by atoms with van der Waals surface area (Å²) >= 11 is 7.48. The second-order valence-electron chi connectivity index (χ2n) is 6.67. The molecule has 27 heavy (non-hydrogen) atoms. The number of hydrogen-bond acceptors (Lipinski definition) is 4. The minimum atomic E-state index is -0.169. The Kier molecular flexibility index (Phi) is 4.58. The molecule has 0 aliphatic heterocycles. The van der Waals surface area contributed by atoms with Crippen LogP contribution >= 0.6 is 22.9 Å². The average molecular weight is 396 g/mol. The van der Waals surface area contributed by atoms with E-state index < -0.39 is 0 Å². The second kappa shape index (κ2) is 6.91. The number of aromatic nitrogens is 3. The minimum absolute atomic E-state index is 0.169. The third-order valence-electron chi connectivity index (χ3n) is 4.49. The molecule has 2 aromatic carbocycles. The highest BCUT2D eigenvalue weighted by molar-refractivity contribution is 7.19. The molecule has 0 fully saturated rings. The van der Waals surface area contributed by atoms with Crippen LogP contribution in [0.4, 0.5) is 0 Å². The SMILES string of the molecule is Cc1ccc(-c2nn(Cc3ccc(Cl)cc3)c(=O)c3nc(C)sc23)c(C)c1. The molecule has 4 nitrogen and oxygen atoms in total. The molecule has 0 atom stereocenters. The first kappa shape index (κ1) is 17.9. The number of aryl methyl sites for hydroxylation is 3. The van der Waals surface area contributed by atoms with Crippen LogP contribution in [0.5, 0.6) is 0 Å². The molecule has 2 heterocycles. The number of fused-ring (bicyclic) bond motifs is 1. The van der Waals surface area contributed by atoms with Crippen molar-refractivity contribution < 1.29 is 0 Å². The van der Waals surface area contributed by atoms with E-state index in [1.807, 2.05) is 31.2 Å².